The first kappa shape index (κ1) is 13.7. The number of likely N-dealkylation sites (N-methyl/N-ethyl adjacent to an activating group) is 1. The summed E-state index contributed by atoms with van der Waals surface area (Å²) in [7, 11) is 1.85. The smallest absolute Gasteiger partial charge is 0.247 e. The van der Waals surface area contributed by atoms with Crippen LogP contribution in [-0.4, -0.2) is 41.5 Å². The lowest BCUT2D eigenvalue weighted by Crippen LogP contribution is -2.62. The van der Waals surface area contributed by atoms with Crippen LogP contribution in [0.5, 0.6) is 0 Å². The van der Waals surface area contributed by atoms with E-state index in [0.717, 1.165) is 23.1 Å². The number of benzene rings is 1. The maximum Gasteiger partial charge on any atom is 0.247 e. The first-order valence-corrected chi connectivity index (χ1v) is 7.09. The standard InChI is InChI=1S/C16H20N4O/c1-16(2)15(21)19(3)9-10-20(16)13-7-6-12(17)14-11(13)5-4-8-18-14/h4-8H,9-10,17H2,1-3H3. The SMILES string of the molecule is CN1CCN(c2ccc(N)c3ncccc23)C(C)(C)C1=O. The number of aromatic nitrogens is 1. The molecule has 21 heavy (non-hydrogen) atoms. The van der Waals surface area contributed by atoms with E-state index < -0.39 is 5.54 Å². The van der Waals surface area contributed by atoms with E-state index in [4.69, 9.17) is 5.73 Å². The first-order valence-electron chi connectivity index (χ1n) is 7.09. The number of nitrogen functional groups attached to an aromatic ring is 1. The second-order valence-electron chi connectivity index (χ2n) is 6.01. The van der Waals surface area contributed by atoms with E-state index in [2.05, 4.69) is 9.88 Å². The van der Waals surface area contributed by atoms with Crippen molar-refractivity contribution in [3.05, 3.63) is 30.5 Å². The lowest BCUT2D eigenvalue weighted by Gasteiger charge is -2.46. The fourth-order valence-corrected chi connectivity index (χ4v) is 3.05. The van der Waals surface area contributed by atoms with Crippen LogP contribution >= 0.6 is 0 Å². The highest BCUT2D eigenvalue weighted by Gasteiger charge is 2.41. The molecule has 2 heterocycles. The summed E-state index contributed by atoms with van der Waals surface area (Å²) in [5, 5.41) is 0.989. The molecule has 1 fully saturated rings. The normalized spacial score (nSPS) is 18.3. The molecular weight excluding hydrogens is 264 g/mol. The number of nitrogens with two attached hydrogens (primary N) is 1. The van der Waals surface area contributed by atoms with Gasteiger partial charge in [0.15, 0.2) is 0 Å². The number of fused-ring (bicyclic) bond motifs is 1. The zero-order chi connectivity index (χ0) is 15.2. The fraction of sp³-hybridized carbons (Fsp3) is 0.375. The maximum atomic E-state index is 12.5. The summed E-state index contributed by atoms with van der Waals surface area (Å²) >= 11 is 0. The molecule has 0 atom stereocenters. The molecule has 2 aromatic rings. The number of hydrogen-bond donors (Lipinski definition) is 1. The van der Waals surface area contributed by atoms with Gasteiger partial charge in [-0.1, -0.05) is 0 Å². The van der Waals surface area contributed by atoms with Gasteiger partial charge in [-0.25, -0.2) is 0 Å². The van der Waals surface area contributed by atoms with Crippen molar-refractivity contribution < 1.29 is 4.79 Å². The first-order chi connectivity index (χ1) is 9.93. The van der Waals surface area contributed by atoms with Gasteiger partial charge in [-0.2, -0.15) is 0 Å². The summed E-state index contributed by atoms with van der Waals surface area (Å²) in [6, 6.07) is 7.76. The Bertz CT molecular complexity index is 710. The zero-order valence-corrected chi connectivity index (χ0v) is 12.6. The average molecular weight is 284 g/mol. The van der Waals surface area contributed by atoms with Crippen molar-refractivity contribution in [1.29, 1.82) is 0 Å². The minimum atomic E-state index is -0.577. The Kier molecular flexibility index (Phi) is 3.01. The van der Waals surface area contributed by atoms with E-state index in [9.17, 15) is 4.79 Å². The van der Waals surface area contributed by atoms with Crippen molar-refractivity contribution in [3.8, 4) is 0 Å². The second-order valence-corrected chi connectivity index (χ2v) is 6.01. The van der Waals surface area contributed by atoms with E-state index >= 15 is 0 Å². The molecule has 0 spiro atoms. The largest absolute Gasteiger partial charge is 0.397 e. The molecule has 110 valence electrons. The molecule has 2 N–H and O–H groups in total. The molecule has 3 rings (SSSR count). The molecule has 1 aliphatic rings. The van der Waals surface area contributed by atoms with Gasteiger partial charge >= 0.3 is 0 Å². The van der Waals surface area contributed by atoms with Gasteiger partial charge in [-0.15, -0.1) is 0 Å². The van der Waals surface area contributed by atoms with Crippen LogP contribution in [-0.2, 0) is 4.79 Å². The molecule has 0 radical (unpaired) electrons. The third-order valence-corrected chi connectivity index (χ3v) is 4.27. The second kappa shape index (κ2) is 4.62. The average Bonchev–Trinajstić information content (AvgIpc) is 2.47. The minimum absolute atomic E-state index is 0.127. The summed E-state index contributed by atoms with van der Waals surface area (Å²) in [5.41, 5.74) is 7.90. The monoisotopic (exact) mass is 284 g/mol. The summed E-state index contributed by atoms with van der Waals surface area (Å²) in [5.74, 6) is 0.127. The quantitative estimate of drug-likeness (QED) is 0.812. The van der Waals surface area contributed by atoms with Gasteiger partial charge in [0.1, 0.15) is 5.54 Å². The van der Waals surface area contributed by atoms with Gasteiger partial charge in [-0.3, -0.25) is 9.78 Å². The van der Waals surface area contributed by atoms with Crippen LogP contribution in [0.25, 0.3) is 10.9 Å². The number of carbonyl (C=O) groups excluding carboxylic acids is 1. The predicted molar refractivity (Wildman–Crippen MR) is 85.2 cm³/mol. The molecule has 0 aliphatic carbocycles. The molecular formula is C16H20N4O. The highest BCUT2D eigenvalue weighted by Crippen LogP contribution is 2.35. The van der Waals surface area contributed by atoms with E-state index in [0.29, 0.717) is 12.2 Å². The van der Waals surface area contributed by atoms with Crippen LogP contribution in [0.15, 0.2) is 30.5 Å². The van der Waals surface area contributed by atoms with Gasteiger partial charge in [0.2, 0.25) is 5.91 Å². The number of amides is 1. The van der Waals surface area contributed by atoms with E-state index in [1.807, 2.05) is 45.2 Å². The molecule has 0 saturated carbocycles. The topological polar surface area (TPSA) is 62.5 Å². The molecule has 1 aromatic carbocycles. The molecule has 1 amide bonds. The zero-order valence-electron chi connectivity index (χ0n) is 12.6. The molecule has 1 saturated heterocycles. The number of rotatable bonds is 1. The van der Waals surface area contributed by atoms with Crippen LogP contribution in [0, 0.1) is 0 Å². The van der Waals surface area contributed by atoms with Crippen molar-refractivity contribution in [2.75, 3.05) is 30.8 Å². The molecule has 0 bridgehead atoms. The molecule has 5 nitrogen and oxygen atoms in total. The van der Waals surface area contributed by atoms with Gasteiger partial charge in [0.25, 0.3) is 0 Å². The van der Waals surface area contributed by atoms with Gasteiger partial charge in [-0.05, 0) is 38.1 Å². The van der Waals surface area contributed by atoms with Crippen molar-refractivity contribution in [2.45, 2.75) is 19.4 Å². The Morgan fingerprint density at radius 1 is 1.24 bits per heavy atom. The Hall–Kier alpha value is -2.30. The number of nitrogens with zero attached hydrogens (tertiary/aromatic N) is 3. The maximum absolute atomic E-state index is 12.5. The third kappa shape index (κ3) is 2.00. The molecule has 1 aliphatic heterocycles. The highest BCUT2D eigenvalue weighted by atomic mass is 16.2. The molecule has 5 heteroatoms. The third-order valence-electron chi connectivity index (χ3n) is 4.27. The van der Waals surface area contributed by atoms with Crippen molar-refractivity contribution in [2.24, 2.45) is 0 Å². The number of hydrogen-bond acceptors (Lipinski definition) is 4. The number of carbonyl (C=O) groups is 1. The summed E-state index contributed by atoms with van der Waals surface area (Å²) < 4.78 is 0. The Morgan fingerprint density at radius 2 is 2.00 bits per heavy atom. The summed E-state index contributed by atoms with van der Waals surface area (Å²) in [6.45, 7) is 5.44. The van der Waals surface area contributed by atoms with Crippen LogP contribution in [0.2, 0.25) is 0 Å². The van der Waals surface area contributed by atoms with Gasteiger partial charge < -0.3 is 15.5 Å². The Morgan fingerprint density at radius 3 is 2.76 bits per heavy atom. The van der Waals surface area contributed by atoms with Crippen LogP contribution < -0.4 is 10.6 Å². The van der Waals surface area contributed by atoms with Crippen LogP contribution in [0.1, 0.15) is 13.8 Å². The van der Waals surface area contributed by atoms with Gasteiger partial charge in [0.05, 0.1) is 11.2 Å². The number of anilines is 2. The Labute approximate surface area is 124 Å². The van der Waals surface area contributed by atoms with E-state index in [-0.39, 0.29) is 5.91 Å². The lowest BCUT2D eigenvalue weighted by atomic mass is 9.95. The lowest BCUT2D eigenvalue weighted by molar-refractivity contribution is -0.136. The van der Waals surface area contributed by atoms with E-state index in [1.54, 1.807) is 11.1 Å². The van der Waals surface area contributed by atoms with E-state index in [1.165, 1.54) is 0 Å². The van der Waals surface area contributed by atoms with Crippen molar-refractivity contribution in [3.63, 3.8) is 0 Å². The highest BCUT2D eigenvalue weighted by molar-refractivity contribution is 6.01. The minimum Gasteiger partial charge on any atom is -0.397 e. The fourth-order valence-electron chi connectivity index (χ4n) is 3.05. The molecule has 1 aromatic heterocycles. The summed E-state index contributed by atoms with van der Waals surface area (Å²) in [4.78, 5) is 20.8. The van der Waals surface area contributed by atoms with Gasteiger partial charge in [0, 0.05) is 37.4 Å². The van der Waals surface area contributed by atoms with Crippen LogP contribution in [0.3, 0.4) is 0 Å². The van der Waals surface area contributed by atoms with Crippen molar-refractivity contribution in [1.82, 2.24) is 9.88 Å². The predicted octanol–water partition coefficient (Wildman–Crippen LogP) is 1.87. The molecule has 0 unspecified atom stereocenters. The number of pyridine rings is 1. The van der Waals surface area contributed by atoms with Crippen molar-refractivity contribution >= 4 is 28.2 Å². The number of piperazine rings is 1. The Balaban J connectivity index is 2.17. The summed E-state index contributed by atoms with van der Waals surface area (Å²) in [6.07, 6.45) is 1.74. The van der Waals surface area contributed by atoms with Crippen LogP contribution in [0.4, 0.5) is 11.4 Å².